The average molecular weight is 519 g/mol. The second kappa shape index (κ2) is 10.2. The molecule has 2 aliphatic rings. The zero-order valence-electron chi connectivity index (χ0n) is 18.2. The number of benzene rings is 2. The summed E-state index contributed by atoms with van der Waals surface area (Å²) in [6.07, 6.45) is 3.90. The third-order valence-electron chi connectivity index (χ3n) is 5.45. The second-order valence-electron chi connectivity index (χ2n) is 7.53. The van der Waals surface area contributed by atoms with Crippen LogP contribution >= 0.6 is 15.9 Å². The van der Waals surface area contributed by atoms with Crippen molar-refractivity contribution in [1.82, 2.24) is 0 Å². The van der Waals surface area contributed by atoms with E-state index in [0.717, 1.165) is 15.6 Å². The standard InChI is InChI=1S/C24H23BrO8/c1-28-19-6-3-15(9-14-10-22(27)30-11-14)16(4-8-21(26)29-2)23(19)31-12-17-18(25)5-7-20-24(17)33-13-32-20/h3-8,14H,9-13H2,1-2H3/b8-4+. The Kier molecular flexibility index (Phi) is 7.08. The molecule has 2 heterocycles. The van der Waals surface area contributed by atoms with Gasteiger partial charge in [0, 0.05) is 27.6 Å². The number of halogens is 1. The maximum absolute atomic E-state index is 11.8. The van der Waals surface area contributed by atoms with E-state index >= 15 is 0 Å². The Morgan fingerprint density at radius 3 is 2.76 bits per heavy atom. The SMILES string of the molecule is COC(=O)/C=C/c1c(CC2COC(=O)C2)ccc(OC)c1OCc1c(Br)ccc2c1OCO2. The van der Waals surface area contributed by atoms with Gasteiger partial charge in [-0.05, 0) is 36.3 Å². The maximum Gasteiger partial charge on any atom is 0.330 e. The Labute approximate surface area is 199 Å². The van der Waals surface area contributed by atoms with Crippen LogP contribution in [-0.2, 0) is 32.1 Å². The van der Waals surface area contributed by atoms with E-state index in [1.807, 2.05) is 24.3 Å². The summed E-state index contributed by atoms with van der Waals surface area (Å²) in [6.45, 7) is 0.672. The molecule has 0 aliphatic carbocycles. The lowest BCUT2D eigenvalue weighted by atomic mass is 9.93. The van der Waals surface area contributed by atoms with Gasteiger partial charge in [-0.2, -0.15) is 0 Å². The first-order valence-electron chi connectivity index (χ1n) is 10.3. The molecule has 1 saturated heterocycles. The van der Waals surface area contributed by atoms with Gasteiger partial charge in [-0.15, -0.1) is 0 Å². The average Bonchev–Trinajstić information content (AvgIpc) is 3.46. The molecule has 0 saturated carbocycles. The van der Waals surface area contributed by atoms with Gasteiger partial charge in [0.05, 0.1) is 27.2 Å². The normalized spacial score (nSPS) is 16.7. The van der Waals surface area contributed by atoms with E-state index in [4.69, 9.17) is 28.4 Å². The fourth-order valence-corrected chi connectivity index (χ4v) is 4.23. The van der Waals surface area contributed by atoms with Crippen molar-refractivity contribution >= 4 is 33.9 Å². The van der Waals surface area contributed by atoms with E-state index in [9.17, 15) is 9.59 Å². The summed E-state index contributed by atoms with van der Waals surface area (Å²) in [5.41, 5.74) is 2.35. The molecule has 9 heteroatoms. The summed E-state index contributed by atoms with van der Waals surface area (Å²) < 4.78 is 33.6. The Hall–Kier alpha value is -3.20. The highest BCUT2D eigenvalue weighted by atomic mass is 79.9. The first-order chi connectivity index (χ1) is 16.0. The highest BCUT2D eigenvalue weighted by Gasteiger charge is 2.26. The molecule has 33 heavy (non-hydrogen) atoms. The highest BCUT2D eigenvalue weighted by Crippen LogP contribution is 2.42. The summed E-state index contributed by atoms with van der Waals surface area (Å²) in [7, 11) is 2.86. The van der Waals surface area contributed by atoms with Crippen LogP contribution < -0.4 is 18.9 Å². The summed E-state index contributed by atoms with van der Waals surface area (Å²) in [5.74, 6) is 1.57. The molecule has 0 spiro atoms. The Morgan fingerprint density at radius 1 is 1.18 bits per heavy atom. The van der Waals surface area contributed by atoms with Gasteiger partial charge >= 0.3 is 11.9 Å². The minimum atomic E-state index is -0.497. The zero-order chi connectivity index (χ0) is 23.4. The largest absolute Gasteiger partial charge is 0.493 e. The molecule has 0 radical (unpaired) electrons. The molecule has 2 aliphatic heterocycles. The third-order valence-corrected chi connectivity index (χ3v) is 6.19. The van der Waals surface area contributed by atoms with Crippen molar-refractivity contribution < 1.29 is 38.0 Å². The van der Waals surface area contributed by atoms with Crippen LogP contribution in [0.2, 0.25) is 0 Å². The molecule has 4 rings (SSSR count). The Balaban J connectivity index is 1.70. The fourth-order valence-electron chi connectivity index (χ4n) is 3.80. The molecule has 174 valence electrons. The fraction of sp³-hybridized carbons (Fsp3) is 0.333. The first kappa shape index (κ1) is 23.0. The molecular weight excluding hydrogens is 496 g/mol. The number of methoxy groups -OCH3 is 2. The zero-order valence-corrected chi connectivity index (χ0v) is 19.8. The summed E-state index contributed by atoms with van der Waals surface area (Å²) in [4.78, 5) is 23.4. The van der Waals surface area contributed by atoms with E-state index < -0.39 is 5.97 Å². The minimum Gasteiger partial charge on any atom is -0.493 e. The van der Waals surface area contributed by atoms with Crippen LogP contribution in [0.5, 0.6) is 23.0 Å². The van der Waals surface area contributed by atoms with E-state index in [1.165, 1.54) is 13.2 Å². The molecule has 0 N–H and O–H groups in total. The molecular formula is C24H23BrO8. The number of ether oxygens (including phenoxy) is 6. The van der Waals surface area contributed by atoms with Crippen molar-refractivity contribution in [3.63, 3.8) is 0 Å². The van der Waals surface area contributed by atoms with Gasteiger partial charge in [0.15, 0.2) is 23.0 Å². The molecule has 8 nitrogen and oxygen atoms in total. The molecule has 1 atom stereocenters. The smallest absolute Gasteiger partial charge is 0.330 e. The topological polar surface area (TPSA) is 89.5 Å². The number of esters is 2. The quantitative estimate of drug-likeness (QED) is 0.381. The molecule has 0 aromatic heterocycles. The second-order valence-corrected chi connectivity index (χ2v) is 8.39. The molecule has 2 aromatic rings. The maximum atomic E-state index is 11.8. The number of hydrogen-bond donors (Lipinski definition) is 0. The van der Waals surface area contributed by atoms with E-state index in [0.29, 0.717) is 48.0 Å². The summed E-state index contributed by atoms with van der Waals surface area (Å²) in [5, 5.41) is 0. The number of carbonyl (C=O) groups excluding carboxylic acids is 2. The van der Waals surface area contributed by atoms with Gasteiger partial charge in [0.2, 0.25) is 6.79 Å². The molecule has 2 aromatic carbocycles. The highest BCUT2D eigenvalue weighted by molar-refractivity contribution is 9.10. The predicted octanol–water partition coefficient (Wildman–Crippen LogP) is 4.06. The molecule has 0 bridgehead atoms. The molecule has 1 fully saturated rings. The van der Waals surface area contributed by atoms with Gasteiger partial charge in [0.25, 0.3) is 0 Å². The Morgan fingerprint density at radius 2 is 2.03 bits per heavy atom. The number of carbonyl (C=O) groups is 2. The lowest BCUT2D eigenvalue weighted by Crippen LogP contribution is -2.08. The monoisotopic (exact) mass is 518 g/mol. The van der Waals surface area contributed by atoms with Crippen LogP contribution in [0.4, 0.5) is 0 Å². The van der Waals surface area contributed by atoms with Crippen molar-refractivity contribution in [2.75, 3.05) is 27.6 Å². The van der Waals surface area contributed by atoms with Crippen LogP contribution in [0.25, 0.3) is 6.08 Å². The minimum absolute atomic E-state index is 0.0427. The number of rotatable bonds is 8. The van der Waals surface area contributed by atoms with E-state index in [2.05, 4.69) is 15.9 Å². The van der Waals surface area contributed by atoms with Crippen LogP contribution in [0, 0.1) is 5.92 Å². The molecule has 1 unspecified atom stereocenters. The van der Waals surface area contributed by atoms with Gasteiger partial charge in [0.1, 0.15) is 6.61 Å². The first-order valence-corrected chi connectivity index (χ1v) is 11.1. The van der Waals surface area contributed by atoms with Crippen LogP contribution in [0.1, 0.15) is 23.1 Å². The van der Waals surface area contributed by atoms with Crippen molar-refractivity contribution in [2.24, 2.45) is 5.92 Å². The summed E-state index contributed by atoms with van der Waals surface area (Å²) >= 11 is 3.55. The van der Waals surface area contributed by atoms with Crippen molar-refractivity contribution in [1.29, 1.82) is 0 Å². The number of fused-ring (bicyclic) bond motifs is 1. The van der Waals surface area contributed by atoms with E-state index in [1.54, 1.807) is 13.2 Å². The van der Waals surface area contributed by atoms with Crippen molar-refractivity contribution in [2.45, 2.75) is 19.4 Å². The predicted molar refractivity (Wildman–Crippen MR) is 121 cm³/mol. The van der Waals surface area contributed by atoms with Gasteiger partial charge in [-0.3, -0.25) is 4.79 Å². The van der Waals surface area contributed by atoms with Crippen molar-refractivity contribution in [3.05, 3.63) is 51.5 Å². The summed E-state index contributed by atoms with van der Waals surface area (Å²) in [6, 6.07) is 7.40. The molecule has 0 amide bonds. The van der Waals surface area contributed by atoms with Gasteiger partial charge in [-0.1, -0.05) is 22.0 Å². The van der Waals surface area contributed by atoms with Gasteiger partial charge < -0.3 is 28.4 Å². The van der Waals surface area contributed by atoms with Crippen molar-refractivity contribution in [3.8, 4) is 23.0 Å². The van der Waals surface area contributed by atoms with Crippen LogP contribution in [0.15, 0.2) is 34.8 Å². The van der Waals surface area contributed by atoms with Crippen LogP contribution in [-0.4, -0.2) is 39.6 Å². The lowest BCUT2D eigenvalue weighted by Gasteiger charge is -2.19. The number of cyclic esters (lactones) is 1. The third kappa shape index (κ3) is 5.08. The van der Waals surface area contributed by atoms with E-state index in [-0.39, 0.29) is 25.3 Å². The lowest BCUT2D eigenvalue weighted by molar-refractivity contribution is -0.138. The van der Waals surface area contributed by atoms with Gasteiger partial charge in [-0.25, -0.2) is 4.79 Å². The number of hydrogen-bond acceptors (Lipinski definition) is 8. The van der Waals surface area contributed by atoms with Crippen LogP contribution in [0.3, 0.4) is 0 Å². The Bertz CT molecular complexity index is 1090.